The molecule has 1 aliphatic rings. The third-order valence-corrected chi connectivity index (χ3v) is 5.06. The quantitative estimate of drug-likeness (QED) is 0.820. The Balaban J connectivity index is 2.00. The molecule has 1 amide bonds. The van der Waals surface area contributed by atoms with Crippen LogP contribution in [0.1, 0.15) is 44.0 Å². The minimum atomic E-state index is 0.0542. The summed E-state index contributed by atoms with van der Waals surface area (Å²) >= 11 is 1.74. The third kappa shape index (κ3) is 4.75. The molecule has 116 valence electrons. The SMILES string of the molecule is CC(C)Sc1ccccc1C(=O)NCC1(C)CCNCC1. The topological polar surface area (TPSA) is 41.1 Å². The van der Waals surface area contributed by atoms with Crippen molar-refractivity contribution in [3.05, 3.63) is 29.8 Å². The van der Waals surface area contributed by atoms with E-state index in [0.717, 1.165) is 42.9 Å². The summed E-state index contributed by atoms with van der Waals surface area (Å²) in [6.07, 6.45) is 2.24. The Bertz CT molecular complexity index is 481. The van der Waals surface area contributed by atoms with Crippen LogP contribution in [-0.4, -0.2) is 30.8 Å². The van der Waals surface area contributed by atoms with E-state index >= 15 is 0 Å². The van der Waals surface area contributed by atoms with Crippen LogP contribution in [0.15, 0.2) is 29.2 Å². The zero-order valence-electron chi connectivity index (χ0n) is 13.2. The van der Waals surface area contributed by atoms with Crippen molar-refractivity contribution in [1.82, 2.24) is 10.6 Å². The standard InChI is InChI=1S/C17H26N2OS/c1-13(2)21-15-7-5-4-6-14(15)16(20)19-12-17(3)8-10-18-11-9-17/h4-7,13,18H,8-12H2,1-3H3,(H,19,20). The predicted molar refractivity (Wildman–Crippen MR) is 90.0 cm³/mol. The molecular formula is C17H26N2OS. The molecule has 2 N–H and O–H groups in total. The molecule has 1 heterocycles. The molecule has 1 aromatic rings. The van der Waals surface area contributed by atoms with Crippen molar-refractivity contribution in [2.24, 2.45) is 5.41 Å². The number of nitrogens with one attached hydrogen (secondary N) is 2. The highest BCUT2D eigenvalue weighted by molar-refractivity contribution is 8.00. The second-order valence-electron chi connectivity index (χ2n) is 6.41. The molecule has 1 saturated heterocycles. The lowest BCUT2D eigenvalue weighted by Crippen LogP contribution is -2.43. The highest BCUT2D eigenvalue weighted by atomic mass is 32.2. The van der Waals surface area contributed by atoms with Gasteiger partial charge in [0.25, 0.3) is 5.91 Å². The van der Waals surface area contributed by atoms with Gasteiger partial charge in [-0.05, 0) is 43.5 Å². The number of rotatable bonds is 5. The van der Waals surface area contributed by atoms with Crippen LogP contribution in [0, 0.1) is 5.41 Å². The first-order valence-electron chi connectivity index (χ1n) is 7.75. The lowest BCUT2D eigenvalue weighted by molar-refractivity contribution is 0.0919. The summed E-state index contributed by atoms with van der Waals surface area (Å²) < 4.78 is 0. The predicted octanol–water partition coefficient (Wildman–Crippen LogP) is 3.31. The number of hydrogen-bond acceptors (Lipinski definition) is 3. The summed E-state index contributed by atoms with van der Waals surface area (Å²) in [5.41, 5.74) is 1.02. The molecule has 0 spiro atoms. The Morgan fingerprint density at radius 1 is 1.33 bits per heavy atom. The monoisotopic (exact) mass is 306 g/mol. The summed E-state index contributed by atoms with van der Waals surface area (Å²) in [4.78, 5) is 13.6. The van der Waals surface area contributed by atoms with E-state index in [2.05, 4.69) is 31.4 Å². The van der Waals surface area contributed by atoms with Crippen LogP contribution in [0.3, 0.4) is 0 Å². The van der Waals surface area contributed by atoms with Gasteiger partial charge in [-0.2, -0.15) is 0 Å². The second-order valence-corrected chi connectivity index (χ2v) is 8.02. The van der Waals surface area contributed by atoms with Crippen LogP contribution >= 0.6 is 11.8 Å². The maximum absolute atomic E-state index is 12.5. The first kappa shape index (κ1) is 16.4. The van der Waals surface area contributed by atoms with Gasteiger partial charge in [-0.15, -0.1) is 11.8 Å². The van der Waals surface area contributed by atoms with Gasteiger partial charge in [0, 0.05) is 16.7 Å². The van der Waals surface area contributed by atoms with E-state index in [-0.39, 0.29) is 11.3 Å². The molecule has 0 aromatic heterocycles. The molecule has 0 radical (unpaired) electrons. The van der Waals surface area contributed by atoms with Gasteiger partial charge in [0.1, 0.15) is 0 Å². The molecule has 3 nitrogen and oxygen atoms in total. The molecular weight excluding hydrogens is 280 g/mol. The lowest BCUT2D eigenvalue weighted by Gasteiger charge is -2.34. The minimum absolute atomic E-state index is 0.0542. The number of thioether (sulfide) groups is 1. The summed E-state index contributed by atoms with van der Waals surface area (Å²) in [5, 5.41) is 6.99. The highest BCUT2D eigenvalue weighted by Gasteiger charge is 2.27. The van der Waals surface area contributed by atoms with Crippen molar-refractivity contribution in [3.8, 4) is 0 Å². The van der Waals surface area contributed by atoms with Crippen LogP contribution in [0.5, 0.6) is 0 Å². The largest absolute Gasteiger partial charge is 0.351 e. The minimum Gasteiger partial charge on any atom is -0.351 e. The van der Waals surface area contributed by atoms with Gasteiger partial charge in [-0.25, -0.2) is 0 Å². The van der Waals surface area contributed by atoms with Crippen LogP contribution in [-0.2, 0) is 0 Å². The van der Waals surface area contributed by atoms with Gasteiger partial charge < -0.3 is 10.6 Å². The Morgan fingerprint density at radius 2 is 2.00 bits per heavy atom. The van der Waals surface area contributed by atoms with Gasteiger partial charge in [0.2, 0.25) is 0 Å². The van der Waals surface area contributed by atoms with Gasteiger partial charge >= 0.3 is 0 Å². The summed E-state index contributed by atoms with van der Waals surface area (Å²) in [6, 6.07) is 7.89. The Morgan fingerprint density at radius 3 is 2.67 bits per heavy atom. The number of hydrogen-bond donors (Lipinski definition) is 2. The Kier molecular flexibility index (Phi) is 5.71. The molecule has 0 aliphatic carbocycles. The van der Waals surface area contributed by atoms with Crippen molar-refractivity contribution in [3.63, 3.8) is 0 Å². The summed E-state index contributed by atoms with van der Waals surface area (Å²) in [6.45, 7) is 9.42. The van der Waals surface area contributed by atoms with E-state index in [1.807, 2.05) is 24.3 Å². The fraction of sp³-hybridized carbons (Fsp3) is 0.588. The molecule has 0 saturated carbocycles. The molecule has 1 fully saturated rings. The number of piperidine rings is 1. The van der Waals surface area contributed by atoms with Crippen LogP contribution < -0.4 is 10.6 Å². The maximum Gasteiger partial charge on any atom is 0.252 e. The zero-order valence-corrected chi connectivity index (χ0v) is 14.1. The fourth-order valence-electron chi connectivity index (χ4n) is 2.61. The van der Waals surface area contributed by atoms with Crippen molar-refractivity contribution < 1.29 is 4.79 Å². The average molecular weight is 306 g/mol. The van der Waals surface area contributed by atoms with Gasteiger partial charge in [-0.3, -0.25) is 4.79 Å². The molecule has 0 atom stereocenters. The normalized spacial score (nSPS) is 17.7. The van der Waals surface area contributed by atoms with Crippen LogP contribution in [0.2, 0.25) is 0 Å². The smallest absolute Gasteiger partial charge is 0.252 e. The average Bonchev–Trinajstić information content (AvgIpc) is 2.46. The van der Waals surface area contributed by atoms with E-state index in [1.54, 1.807) is 11.8 Å². The highest BCUT2D eigenvalue weighted by Crippen LogP contribution is 2.28. The van der Waals surface area contributed by atoms with E-state index in [1.165, 1.54) is 0 Å². The first-order valence-corrected chi connectivity index (χ1v) is 8.63. The van der Waals surface area contributed by atoms with Crippen LogP contribution in [0.25, 0.3) is 0 Å². The van der Waals surface area contributed by atoms with Crippen molar-refractivity contribution in [2.45, 2.75) is 43.8 Å². The van der Waals surface area contributed by atoms with E-state index < -0.39 is 0 Å². The summed E-state index contributed by atoms with van der Waals surface area (Å²) in [7, 11) is 0. The third-order valence-electron chi connectivity index (χ3n) is 3.98. The van der Waals surface area contributed by atoms with Crippen molar-refractivity contribution >= 4 is 17.7 Å². The molecule has 0 unspecified atom stereocenters. The zero-order chi connectivity index (χ0) is 15.3. The second kappa shape index (κ2) is 7.32. The molecule has 4 heteroatoms. The number of amides is 1. The summed E-state index contributed by atoms with van der Waals surface area (Å²) in [5.74, 6) is 0.0542. The van der Waals surface area contributed by atoms with Gasteiger partial charge in [0.05, 0.1) is 5.56 Å². The Hall–Kier alpha value is -1.00. The van der Waals surface area contributed by atoms with Crippen LogP contribution in [0.4, 0.5) is 0 Å². The van der Waals surface area contributed by atoms with Crippen molar-refractivity contribution in [2.75, 3.05) is 19.6 Å². The number of carbonyl (C=O) groups excluding carboxylic acids is 1. The lowest BCUT2D eigenvalue weighted by atomic mass is 9.81. The fourth-order valence-corrected chi connectivity index (χ4v) is 3.56. The molecule has 1 aromatic carbocycles. The molecule has 2 rings (SSSR count). The van der Waals surface area contributed by atoms with E-state index in [9.17, 15) is 4.79 Å². The van der Waals surface area contributed by atoms with Crippen molar-refractivity contribution in [1.29, 1.82) is 0 Å². The molecule has 21 heavy (non-hydrogen) atoms. The first-order chi connectivity index (χ1) is 10.0. The Labute approximate surface area is 132 Å². The maximum atomic E-state index is 12.5. The van der Waals surface area contributed by atoms with Gasteiger partial charge in [-0.1, -0.05) is 32.9 Å². The number of carbonyl (C=O) groups is 1. The number of benzene rings is 1. The van der Waals surface area contributed by atoms with E-state index in [0.29, 0.717) is 5.25 Å². The molecule has 1 aliphatic heterocycles. The van der Waals surface area contributed by atoms with Gasteiger partial charge in [0.15, 0.2) is 0 Å². The van der Waals surface area contributed by atoms with E-state index in [4.69, 9.17) is 0 Å². The molecule has 0 bridgehead atoms.